The summed E-state index contributed by atoms with van der Waals surface area (Å²) in [6.07, 6.45) is 0. The first-order valence-electron chi connectivity index (χ1n) is 9.43. The van der Waals surface area contributed by atoms with Crippen molar-refractivity contribution in [2.45, 2.75) is 31.8 Å². The lowest BCUT2D eigenvalue weighted by molar-refractivity contribution is 0.00327. The van der Waals surface area contributed by atoms with Crippen molar-refractivity contribution in [3.05, 3.63) is 108 Å². The summed E-state index contributed by atoms with van der Waals surface area (Å²) in [6, 6.07) is 32.4. The molecule has 0 saturated heterocycles. The Morgan fingerprint density at radius 2 is 1.00 bits per heavy atom. The van der Waals surface area contributed by atoms with Gasteiger partial charge in [-0.3, -0.25) is 0 Å². The summed E-state index contributed by atoms with van der Waals surface area (Å²) < 4.78 is 6.67. The fourth-order valence-electron chi connectivity index (χ4n) is 5.34. The predicted octanol–water partition coefficient (Wildman–Crippen LogP) is 5.94. The lowest BCUT2D eigenvalue weighted by Gasteiger charge is -2.27. The van der Waals surface area contributed by atoms with Crippen LogP contribution in [-0.2, 0) is 15.8 Å². The van der Waals surface area contributed by atoms with E-state index in [1.54, 1.807) is 0 Å². The average molecular weight is 342 g/mol. The summed E-state index contributed by atoms with van der Waals surface area (Å²) in [5.41, 5.74) is 3.18. The van der Waals surface area contributed by atoms with Crippen LogP contribution in [0, 0.1) is 5.41 Å². The van der Waals surface area contributed by atoms with Crippen LogP contribution in [-0.4, -0.2) is 6.61 Å². The summed E-state index contributed by atoms with van der Waals surface area (Å²) >= 11 is 0. The maximum Gasteiger partial charge on any atom is 0.114 e. The van der Waals surface area contributed by atoms with Gasteiger partial charge in [-0.1, -0.05) is 105 Å². The van der Waals surface area contributed by atoms with Crippen LogP contribution in [0.4, 0.5) is 0 Å². The molecule has 0 heterocycles. The largest absolute Gasteiger partial charge is 0.369 e. The SMILES string of the molecule is CCO[C@]1(c2ccccc2)C(C)(C)C1(c1ccccc1)c1ccccc1. The molecule has 0 radical (unpaired) electrons. The maximum atomic E-state index is 6.67. The van der Waals surface area contributed by atoms with E-state index in [1.165, 1.54) is 16.7 Å². The van der Waals surface area contributed by atoms with E-state index in [0.29, 0.717) is 6.61 Å². The molecule has 1 heteroatoms. The number of rotatable bonds is 5. The van der Waals surface area contributed by atoms with Crippen LogP contribution in [0.2, 0.25) is 0 Å². The third-order valence-corrected chi connectivity index (χ3v) is 6.24. The van der Waals surface area contributed by atoms with E-state index in [0.717, 1.165) is 0 Å². The Morgan fingerprint density at radius 3 is 1.38 bits per heavy atom. The van der Waals surface area contributed by atoms with E-state index >= 15 is 0 Å². The standard InChI is InChI=1S/C25H26O/c1-4-26-25(22-18-12-7-13-19-22)23(2,3)24(25,20-14-8-5-9-15-20)21-16-10-6-11-17-21/h5-19H,4H2,1-3H3/t25-/m1/s1. The van der Waals surface area contributed by atoms with Gasteiger partial charge in [-0.05, 0) is 23.6 Å². The van der Waals surface area contributed by atoms with E-state index in [1.807, 2.05) is 0 Å². The van der Waals surface area contributed by atoms with Gasteiger partial charge in [0.15, 0.2) is 0 Å². The van der Waals surface area contributed by atoms with Gasteiger partial charge in [0.1, 0.15) is 5.60 Å². The molecule has 132 valence electrons. The van der Waals surface area contributed by atoms with Gasteiger partial charge in [0.2, 0.25) is 0 Å². The van der Waals surface area contributed by atoms with E-state index < -0.39 is 5.60 Å². The third-order valence-electron chi connectivity index (χ3n) is 6.24. The van der Waals surface area contributed by atoms with Crippen molar-refractivity contribution in [1.82, 2.24) is 0 Å². The van der Waals surface area contributed by atoms with E-state index in [4.69, 9.17) is 4.74 Å². The second-order valence-electron chi connectivity index (χ2n) is 7.59. The minimum atomic E-state index is -0.390. The summed E-state index contributed by atoms with van der Waals surface area (Å²) in [5, 5.41) is 0. The average Bonchev–Trinajstić information content (AvgIpc) is 3.15. The van der Waals surface area contributed by atoms with Gasteiger partial charge >= 0.3 is 0 Å². The second-order valence-corrected chi connectivity index (χ2v) is 7.59. The van der Waals surface area contributed by atoms with E-state index in [2.05, 4.69) is 112 Å². The lowest BCUT2D eigenvalue weighted by atomic mass is 9.80. The van der Waals surface area contributed by atoms with Crippen LogP contribution in [0.5, 0.6) is 0 Å². The third kappa shape index (κ3) is 1.95. The summed E-state index contributed by atoms with van der Waals surface area (Å²) in [4.78, 5) is 0. The molecule has 1 nitrogen and oxygen atoms in total. The molecule has 1 aliphatic rings. The Bertz CT molecular complexity index is 828. The van der Waals surface area contributed by atoms with Crippen molar-refractivity contribution in [3.8, 4) is 0 Å². The highest BCUT2D eigenvalue weighted by atomic mass is 16.5. The maximum absolute atomic E-state index is 6.67. The van der Waals surface area contributed by atoms with Gasteiger partial charge in [-0.25, -0.2) is 0 Å². The molecule has 1 atom stereocenters. The predicted molar refractivity (Wildman–Crippen MR) is 107 cm³/mol. The highest BCUT2D eigenvalue weighted by Crippen LogP contribution is 2.81. The minimum absolute atomic E-state index is 0.0833. The first kappa shape index (κ1) is 17.1. The van der Waals surface area contributed by atoms with Crippen molar-refractivity contribution >= 4 is 0 Å². The van der Waals surface area contributed by atoms with Crippen LogP contribution in [0.15, 0.2) is 91.0 Å². The molecule has 1 aliphatic carbocycles. The second kappa shape index (κ2) is 6.10. The van der Waals surface area contributed by atoms with Crippen LogP contribution in [0.1, 0.15) is 37.5 Å². The van der Waals surface area contributed by atoms with Gasteiger partial charge in [-0.15, -0.1) is 0 Å². The summed E-state index contributed by atoms with van der Waals surface area (Å²) in [6.45, 7) is 7.46. The first-order valence-corrected chi connectivity index (χ1v) is 9.43. The first-order chi connectivity index (χ1) is 12.6. The van der Waals surface area contributed by atoms with Crippen molar-refractivity contribution < 1.29 is 4.74 Å². The molecule has 0 N–H and O–H groups in total. The summed E-state index contributed by atoms with van der Waals surface area (Å²) in [5.74, 6) is 0. The van der Waals surface area contributed by atoms with Crippen molar-refractivity contribution in [2.24, 2.45) is 5.41 Å². The molecule has 0 aromatic heterocycles. The Balaban J connectivity index is 2.06. The van der Waals surface area contributed by atoms with Crippen molar-refractivity contribution in [2.75, 3.05) is 6.61 Å². The topological polar surface area (TPSA) is 9.23 Å². The van der Waals surface area contributed by atoms with E-state index in [-0.39, 0.29) is 10.8 Å². The van der Waals surface area contributed by atoms with Crippen molar-refractivity contribution in [1.29, 1.82) is 0 Å². The Hall–Kier alpha value is -2.38. The fraction of sp³-hybridized carbons (Fsp3) is 0.280. The highest BCUT2D eigenvalue weighted by Gasteiger charge is 2.85. The van der Waals surface area contributed by atoms with Gasteiger partial charge in [-0.2, -0.15) is 0 Å². The normalized spacial score (nSPS) is 22.7. The number of hydrogen-bond acceptors (Lipinski definition) is 1. The molecule has 0 spiro atoms. The van der Waals surface area contributed by atoms with Gasteiger partial charge in [0, 0.05) is 12.0 Å². The molecule has 4 rings (SSSR count). The minimum Gasteiger partial charge on any atom is -0.369 e. The zero-order valence-corrected chi connectivity index (χ0v) is 15.8. The number of hydrogen-bond donors (Lipinski definition) is 0. The van der Waals surface area contributed by atoms with E-state index in [9.17, 15) is 0 Å². The molecule has 0 unspecified atom stereocenters. The van der Waals surface area contributed by atoms with Crippen LogP contribution in [0.3, 0.4) is 0 Å². The fourth-order valence-corrected chi connectivity index (χ4v) is 5.34. The van der Waals surface area contributed by atoms with Gasteiger partial charge in [0.05, 0.1) is 5.41 Å². The molecule has 1 fully saturated rings. The number of benzene rings is 3. The summed E-state index contributed by atoms with van der Waals surface area (Å²) in [7, 11) is 0. The quantitative estimate of drug-likeness (QED) is 0.557. The Kier molecular flexibility index (Phi) is 4.00. The highest BCUT2D eigenvalue weighted by molar-refractivity contribution is 5.61. The Labute approximate surface area is 156 Å². The molecule has 1 saturated carbocycles. The molecule has 3 aromatic carbocycles. The lowest BCUT2D eigenvalue weighted by Crippen LogP contribution is -2.26. The molecule has 0 aliphatic heterocycles. The molecular formula is C25H26O. The van der Waals surface area contributed by atoms with Crippen LogP contribution < -0.4 is 0 Å². The molecule has 0 amide bonds. The monoisotopic (exact) mass is 342 g/mol. The smallest absolute Gasteiger partial charge is 0.114 e. The van der Waals surface area contributed by atoms with Gasteiger partial charge < -0.3 is 4.74 Å². The van der Waals surface area contributed by atoms with Gasteiger partial charge in [0.25, 0.3) is 0 Å². The van der Waals surface area contributed by atoms with Crippen molar-refractivity contribution in [3.63, 3.8) is 0 Å². The zero-order chi connectivity index (χ0) is 18.3. The molecule has 3 aromatic rings. The zero-order valence-electron chi connectivity index (χ0n) is 15.8. The molecule has 0 bridgehead atoms. The molecular weight excluding hydrogens is 316 g/mol. The molecule has 26 heavy (non-hydrogen) atoms. The number of ether oxygens (including phenoxy) is 1. The Morgan fingerprint density at radius 1 is 0.615 bits per heavy atom. The van der Waals surface area contributed by atoms with Crippen LogP contribution in [0.25, 0.3) is 0 Å². The van der Waals surface area contributed by atoms with Crippen LogP contribution >= 0.6 is 0 Å².